The molecule has 0 radical (unpaired) electrons. The Bertz CT molecular complexity index is 582. The largest absolute Gasteiger partial charge is 0.466 e. The predicted molar refractivity (Wildman–Crippen MR) is 84.2 cm³/mol. The molecule has 20 heavy (non-hydrogen) atoms. The van der Waals surface area contributed by atoms with Gasteiger partial charge in [0.1, 0.15) is 11.5 Å². The molecule has 1 N–H and O–H groups in total. The van der Waals surface area contributed by atoms with Crippen LogP contribution in [0, 0.1) is 12.3 Å². The van der Waals surface area contributed by atoms with E-state index in [9.17, 15) is 0 Å². The molecule has 3 rings (SSSR count). The summed E-state index contributed by atoms with van der Waals surface area (Å²) in [6.45, 7) is 8.96. The molecule has 0 fully saturated rings. The Morgan fingerprint density at radius 2 is 2.25 bits per heavy atom. The van der Waals surface area contributed by atoms with E-state index in [0.29, 0.717) is 17.5 Å². The third kappa shape index (κ3) is 2.70. The van der Waals surface area contributed by atoms with Gasteiger partial charge in [0.15, 0.2) is 0 Å². The van der Waals surface area contributed by atoms with Crippen molar-refractivity contribution in [1.29, 1.82) is 0 Å². The van der Waals surface area contributed by atoms with Gasteiger partial charge in [0, 0.05) is 28.9 Å². The van der Waals surface area contributed by atoms with Gasteiger partial charge >= 0.3 is 0 Å². The zero-order chi connectivity index (χ0) is 14.3. The first kappa shape index (κ1) is 13.9. The maximum atomic E-state index is 5.91. The van der Waals surface area contributed by atoms with E-state index in [2.05, 4.69) is 49.7 Å². The number of hydrogen-bond donors (Lipinski definition) is 1. The van der Waals surface area contributed by atoms with Crippen LogP contribution in [0.25, 0.3) is 0 Å². The molecule has 2 aromatic heterocycles. The molecule has 2 aromatic rings. The fraction of sp³-hybridized carbons (Fsp3) is 0.529. The first-order chi connectivity index (χ1) is 9.44. The van der Waals surface area contributed by atoms with Crippen LogP contribution >= 0.6 is 11.3 Å². The minimum atomic E-state index is 0.296. The van der Waals surface area contributed by atoms with Crippen molar-refractivity contribution in [3.8, 4) is 0 Å². The maximum absolute atomic E-state index is 5.91. The highest BCUT2D eigenvalue weighted by Gasteiger charge is 2.35. The number of rotatable bonds is 3. The van der Waals surface area contributed by atoms with Crippen molar-refractivity contribution >= 4 is 11.3 Å². The molecule has 2 atom stereocenters. The zero-order valence-corrected chi connectivity index (χ0v) is 13.5. The topological polar surface area (TPSA) is 25.2 Å². The van der Waals surface area contributed by atoms with Crippen LogP contribution in [0.1, 0.15) is 61.2 Å². The molecule has 108 valence electrons. The van der Waals surface area contributed by atoms with E-state index in [0.717, 1.165) is 18.6 Å². The number of aryl methyl sites for hydroxylation is 1. The molecule has 3 heteroatoms. The van der Waals surface area contributed by atoms with Gasteiger partial charge < -0.3 is 9.73 Å². The molecule has 1 aliphatic rings. The third-order valence-electron chi connectivity index (χ3n) is 4.16. The molecule has 2 heterocycles. The Balaban J connectivity index is 1.85. The molecule has 2 nitrogen and oxygen atoms in total. The summed E-state index contributed by atoms with van der Waals surface area (Å²) in [5, 5.41) is 5.94. The van der Waals surface area contributed by atoms with Crippen molar-refractivity contribution in [3.05, 3.63) is 45.5 Å². The number of fused-ring (bicyclic) bond motifs is 1. The van der Waals surface area contributed by atoms with Gasteiger partial charge in [-0.1, -0.05) is 19.9 Å². The Morgan fingerprint density at radius 1 is 1.45 bits per heavy atom. The number of furan rings is 1. The molecule has 0 saturated carbocycles. The average Bonchev–Trinajstić information content (AvgIpc) is 2.95. The second kappa shape index (κ2) is 5.05. The predicted octanol–water partition coefficient (Wildman–Crippen LogP) is 5.01. The van der Waals surface area contributed by atoms with Crippen LogP contribution in [-0.2, 0) is 6.42 Å². The minimum Gasteiger partial charge on any atom is -0.466 e. The SMILES string of the molecule is Cc1cc2c(o1)CC(C)(C)CC2NC(C)c1cccs1. The quantitative estimate of drug-likeness (QED) is 0.859. The van der Waals surface area contributed by atoms with E-state index in [1.807, 2.05) is 18.3 Å². The first-order valence-electron chi connectivity index (χ1n) is 7.33. The second-order valence-corrected chi connectivity index (χ2v) is 7.72. The Kier molecular flexibility index (Phi) is 3.51. The van der Waals surface area contributed by atoms with Crippen molar-refractivity contribution in [2.75, 3.05) is 0 Å². The molecule has 0 amide bonds. The lowest BCUT2D eigenvalue weighted by Gasteiger charge is -2.36. The molecule has 2 unspecified atom stereocenters. The summed E-state index contributed by atoms with van der Waals surface area (Å²) in [5.74, 6) is 2.21. The smallest absolute Gasteiger partial charge is 0.109 e. The van der Waals surface area contributed by atoms with Crippen molar-refractivity contribution in [2.45, 2.75) is 52.6 Å². The van der Waals surface area contributed by atoms with Crippen LogP contribution in [0.4, 0.5) is 0 Å². The number of hydrogen-bond acceptors (Lipinski definition) is 3. The Morgan fingerprint density at radius 3 is 2.95 bits per heavy atom. The van der Waals surface area contributed by atoms with Crippen molar-refractivity contribution in [1.82, 2.24) is 5.32 Å². The first-order valence-corrected chi connectivity index (χ1v) is 8.21. The van der Waals surface area contributed by atoms with Gasteiger partial charge in [-0.25, -0.2) is 0 Å². The third-order valence-corrected chi connectivity index (χ3v) is 5.21. The Hall–Kier alpha value is -1.06. The Labute approximate surface area is 125 Å². The van der Waals surface area contributed by atoms with Gasteiger partial charge in [0.05, 0.1) is 0 Å². The van der Waals surface area contributed by atoms with E-state index < -0.39 is 0 Å². The highest BCUT2D eigenvalue weighted by Crippen LogP contribution is 2.43. The van der Waals surface area contributed by atoms with Crippen LogP contribution in [0.15, 0.2) is 28.0 Å². The zero-order valence-electron chi connectivity index (χ0n) is 12.7. The van der Waals surface area contributed by atoms with Crippen LogP contribution in [-0.4, -0.2) is 0 Å². The summed E-state index contributed by atoms with van der Waals surface area (Å²) in [6.07, 6.45) is 2.20. The van der Waals surface area contributed by atoms with Gasteiger partial charge in [0.2, 0.25) is 0 Å². The molecular formula is C17H23NOS. The summed E-state index contributed by atoms with van der Waals surface area (Å²) in [6, 6.07) is 7.32. The molecule has 0 spiro atoms. The lowest BCUT2D eigenvalue weighted by atomic mass is 9.74. The van der Waals surface area contributed by atoms with E-state index in [-0.39, 0.29) is 0 Å². The van der Waals surface area contributed by atoms with E-state index in [4.69, 9.17) is 4.42 Å². The lowest BCUT2D eigenvalue weighted by molar-refractivity contribution is 0.227. The van der Waals surface area contributed by atoms with E-state index in [1.54, 1.807) is 0 Å². The summed E-state index contributed by atoms with van der Waals surface area (Å²) in [4.78, 5) is 1.40. The normalized spacial score (nSPS) is 22.5. The fourth-order valence-corrected chi connectivity index (χ4v) is 4.00. The van der Waals surface area contributed by atoms with E-state index >= 15 is 0 Å². The maximum Gasteiger partial charge on any atom is 0.109 e. The molecular weight excluding hydrogens is 266 g/mol. The van der Waals surface area contributed by atoms with Crippen molar-refractivity contribution in [3.63, 3.8) is 0 Å². The van der Waals surface area contributed by atoms with Gasteiger partial charge in [-0.3, -0.25) is 0 Å². The minimum absolute atomic E-state index is 0.296. The molecule has 0 saturated heterocycles. The summed E-state index contributed by atoms with van der Waals surface area (Å²) in [7, 11) is 0. The highest BCUT2D eigenvalue weighted by molar-refractivity contribution is 7.10. The highest BCUT2D eigenvalue weighted by atomic mass is 32.1. The van der Waals surface area contributed by atoms with Gasteiger partial charge in [-0.2, -0.15) is 0 Å². The van der Waals surface area contributed by atoms with Crippen LogP contribution in [0.2, 0.25) is 0 Å². The monoisotopic (exact) mass is 289 g/mol. The average molecular weight is 289 g/mol. The number of nitrogens with one attached hydrogen (secondary N) is 1. The van der Waals surface area contributed by atoms with Gasteiger partial charge in [-0.15, -0.1) is 11.3 Å². The lowest BCUT2D eigenvalue weighted by Crippen LogP contribution is -2.33. The molecule has 0 aliphatic heterocycles. The van der Waals surface area contributed by atoms with Gasteiger partial charge in [0.25, 0.3) is 0 Å². The van der Waals surface area contributed by atoms with Crippen LogP contribution in [0.3, 0.4) is 0 Å². The molecule has 0 aromatic carbocycles. The van der Waals surface area contributed by atoms with E-state index in [1.165, 1.54) is 16.2 Å². The fourth-order valence-electron chi connectivity index (χ4n) is 3.25. The van der Waals surface area contributed by atoms with Crippen molar-refractivity contribution in [2.24, 2.45) is 5.41 Å². The summed E-state index contributed by atoms with van der Waals surface area (Å²) >= 11 is 1.82. The van der Waals surface area contributed by atoms with Gasteiger partial charge in [-0.05, 0) is 43.2 Å². The molecule has 1 aliphatic carbocycles. The standard InChI is InChI=1S/C17H23NOS/c1-11-8-13-14(9-17(3,4)10-15(13)19-11)18-12(2)16-6-5-7-20-16/h5-8,12,14,18H,9-10H2,1-4H3. The number of thiophene rings is 1. The van der Waals surface area contributed by atoms with Crippen molar-refractivity contribution < 1.29 is 4.42 Å². The summed E-state index contributed by atoms with van der Waals surface area (Å²) in [5.41, 5.74) is 1.66. The molecule has 0 bridgehead atoms. The van der Waals surface area contributed by atoms with Crippen LogP contribution in [0.5, 0.6) is 0 Å². The van der Waals surface area contributed by atoms with Crippen LogP contribution < -0.4 is 5.32 Å². The second-order valence-electron chi connectivity index (χ2n) is 6.74. The summed E-state index contributed by atoms with van der Waals surface area (Å²) < 4.78 is 5.91.